The third kappa shape index (κ3) is 6.99. The van der Waals surface area contributed by atoms with Gasteiger partial charge in [0.25, 0.3) is 5.91 Å². The molecule has 1 N–H and O–H groups in total. The van der Waals surface area contributed by atoms with E-state index in [2.05, 4.69) is 33.0 Å². The van der Waals surface area contributed by atoms with Crippen molar-refractivity contribution in [2.45, 2.75) is 91.8 Å². The van der Waals surface area contributed by atoms with Gasteiger partial charge >= 0.3 is 0 Å². The van der Waals surface area contributed by atoms with E-state index in [1.165, 1.54) is 0 Å². The first kappa shape index (κ1) is 22.5. The van der Waals surface area contributed by atoms with E-state index in [0.717, 1.165) is 55.5 Å². The van der Waals surface area contributed by atoms with Crippen molar-refractivity contribution in [1.82, 2.24) is 0 Å². The van der Waals surface area contributed by atoms with Crippen LogP contribution in [0, 0.1) is 6.92 Å². The van der Waals surface area contributed by atoms with Crippen LogP contribution in [0.1, 0.15) is 78.7 Å². The highest BCUT2D eigenvalue weighted by molar-refractivity contribution is 5.97. The van der Waals surface area contributed by atoms with Crippen molar-refractivity contribution in [2.24, 2.45) is 0 Å². The molecule has 0 aliphatic carbocycles. The van der Waals surface area contributed by atoms with E-state index in [9.17, 15) is 4.79 Å². The summed E-state index contributed by atoms with van der Waals surface area (Å²) in [4.78, 5) is 12.9. The lowest BCUT2D eigenvalue weighted by Gasteiger charge is -2.29. The van der Waals surface area contributed by atoms with Crippen molar-refractivity contribution in [1.29, 1.82) is 0 Å². The molecule has 2 atom stereocenters. The van der Waals surface area contributed by atoms with Crippen molar-refractivity contribution in [3.8, 4) is 5.75 Å². The number of unbranched alkanes of at least 4 members (excludes halogenated alkanes) is 2. The number of carbonyl (C=O) groups is 1. The van der Waals surface area contributed by atoms with E-state index in [-0.39, 0.29) is 12.0 Å². The Balaban J connectivity index is 2.82. The minimum absolute atomic E-state index is 0.0722. The van der Waals surface area contributed by atoms with Gasteiger partial charge in [-0.15, -0.1) is 0 Å². The van der Waals surface area contributed by atoms with E-state index in [4.69, 9.17) is 9.47 Å². The molecule has 1 aromatic carbocycles. The first-order valence-corrected chi connectivity index (χ1v) is 10.1. The third-order valence-corrected chi connectivity index (χ3v) is 4.70. The van der Waals surface area contributed by atoms with Crippen LogP contribution in [-0.4, -0.2) is 24.2 Å². The zero-order valence-corrected chi connectivity index (χ0v) is 17.5. The Kier molecular flexibility index (Phi) is 9.71. The third-order valence-electron chi connectivity index (χ3n) is 4.70. The zero-order valence-electron chi connectivity index (χ0n) is 17.5. The molecule has 0 radical (unpaired) electrons. The highest BCUT2D eigenvalue weighted by Crippen LogP contribution is 2.26. The molecule has 0 aliphatic heterocycles. The maximum Gasteiger partial charge on any atom is 0.256 e. The molecule has 0 aliphatic rings. The topological polar surface area (TPSA) is 47.6 Å². The van der Waals surface area contributed by atoms with Gasteiger partial charge in [0.15, 0.2) is 0 Å². The molecular formula is C22H37NO3. The molecule has 0 heterocycles. The summed E-state index contributed by atoms with van der Waals surface area (Å²) >= 11 is 0. The molecule has 26 heavy (non-hydrogen) atoms. The second-order valence-electron chi connectivity index (χ2n) is 7.31. The molecule has 0 saturated carbocycles. The first-order chi connectivity index (χ1) is 12.4. The van der Waals surface area contributed by atoms with Crippen LogP contribution in [0.25, 0.3) is 0 Å². The summed E-state index contributed by atoms with van der Waals surface area (Å²) in [5.74, 6) is 0.794. The van der Waals surface area contributed by atoms with Crippen LogP contribution in [0.4, 0.5) is 5.69 Å². The van der Waals surface area contributed by atoms with E-state index >= 15 is 0 Å². The van der Waals surface area contributed by atoms with Crippen molar-refractivity contribution < 1.29 is 14.3 Å². The molecule has 0 saturated heterocycles. The summed E-state index contributed by atoms with van der Waals surface area (Å²) in [6.07, 6.45) is 6.01. The molecule has 0 aromatic heterocycles. The molecule has 0 bridgehead atoms. The summed E-state index contributed by atoms with van der Waals surface area (Å²) in [6.45, 7) is 12.9. The standard InChI is InChI=1S/C22H37NO3/c1-7-10-11-14-22(6,25-15-8-2)21(24)23-19-12-13-20(17(4)16-19)26-18(5)9-3/h12-13,16,18H,7-11,14-15H2,1-6H3,(H,23,24). The Morgan fingerprint density at radius 2 is 1.92 bits per heavy atom. The highest BCUT2D eigenvalue weighted by atomic mass is 16.5. The SMILES string of the molecule is CCCCCC(C)(OCCC)C(=O)Nc1ccc(OC(C)CC)c(C)c1. The van der Waals surface area contributed by atoms with Crippen molar-refractivity contribution >= 4 is 11.6 Å². The molecule has 0 spiro atoms. The fraction of sp³-hybridized carbons (Fsp3) is 0.682. The van der Waals surface area contributed by atoms with Gasteiger partial charge in [-0.3, -0.25) is 4.79 Å². The second-order valence-corrected chi connectivity index (χ2v) is 7.31. The number of amides is 1. The maximum absolute atomic E-state index is 12.9. The van der Waals surface area contributed by atoms with Crippen LogP contribution in [0.2, 0.25) is 0 Å². The van der Waals surface area contributed by atoms with E-state index < -0.39 is 5.60 Å². The Morgan fingerprint density at radius 3 is 2.50 bits per heavy atom. The summed E-state index contributed by atoms with van der Waals surface area (Å²) in [5, 5.41) is 3.03. The molecule has 4 heteroatoms. The van der Waals surface area contributed by atoms with Crippen LogP contribution in [-0.2, 0) is 9.53 Å². The summed E-state index contributed by atoms with van der Waals surface area (Å²) in [5.41, 5.74) is 1.02. The predicted octanol–water partition coefficient (Wildman–Crippen LogP) is 5.88. The van der Waals surface area contributed by atoms with Crippen LogP contribution in [0.15, 0.2) is 18.2 Å². The lowest BCUT2D eigenvalue weighted by atomic mass is 9.96. The number of carbonyl (C=O) groups excluding carboxylic acids is 1. The smallest absolute Gasteiger partial charge is 0.256 e. The highest BCUT2D eigenvalue weighted by Gasteiger charge is 2.33. The van der Waals surface area contributed by atoms with Gasteiger partial charge in [0.2, 0.25) is 0 Å². The van der Waals surface area contributed by atoms with Gasteiger partial charge in [-0.2, -0.15) is 0 Å². The fourth-order valence-corrected chi connectivity index (χ4v) is 2.71. The maximum atomic E-state index is 12.9. The van der Waals surface area contributed by atoms with Crippen molar-refractivity contribution in [3.05, 3.63) is 23.8 Å². The Bertz CT molecular complexity index is 558. The summed E-state index contributed by atoms with van der Waals surface area (Å²) in [7, 11) is 0. The van der Waals surface area contributed by atoms with Gasteiger partial charge in [-0.1, -0.05) is 40.0 Å². The van der Waals surface area contributed by atoms with Gasteiger partial charge in [-0.25, -0.2) is 0 Å². The van der Waals surface area contributed by atoms with Crippen molar-refractivity contribution in [3.63, 3.8) is 0 Å². The monoisotopic (exact) mass is 363 g/mol. The molecule has 4 nitrogen and oxygen atoms in total. The van der Waals surface area contributed by atoms with Gasteiger partial charge in [0.1, 0.15) is 11.4 Å². The zero-order chi connectivity index (χ0) is 19.6. The van der Waals surface area contributed by atoms with E-state index in [1.54, 1.807) is 0 Å². The van der Waals surface area contributed by atoms with Gasteiger partial charge < -0.3 is 14.8 Å². The summed E-state index contributed by atoms with van der Waals surface area (Å²) in [6, 6.07) is 5.79. The molecular weight excluding hydrogens is 326 g/mol. The minimum Gasteiger partial charge on any atom is -0.490 e. The number of nitrogens with one attached hydrogen (secondary N) is 1. The molecule has 1 rings (SSSR count). The summed E-state index contributed by atoms with van der Waals surface area (Å²) < 4.78 is 11.8. The normalized spacial score (nSPS) is 14.5. The Morgan fingerprint density at radius 1 is 1.19 bits per heavy atom. The number of aryl methyl sites for hydroxylation is 1. The lowest BCUT2D eigenvalue weighted by Crippen LogP contribution is -2.43. The molecule has 0 fully saturated rings. The second kappa shape index (κ2) is 11.2. The lowest BCUT2D eigenvalue weighted by molar-refractivity contribution is -0.140. The number of benzene rings is 1. The largest absolute Gasteiger partial charge is 0.490 e. The van der Waals surface area contributed by atoms with Gasteiger partial charge in [0, 0.05) is 12.3 Å². The average molecular weight is 364 g/mol. The van der Waals surface area contributed by atoms with Gasteiger partial charge in [0.05, 0.1) is 6.10 Å². The number of ether oxygens (including phenoxy) is 2. The average Bonchev–Trinajstić information content (AvgIpc) is 2.62. The minimum atomic E-state index is -0.787. The van der Waals surface area contributed by atoms with Crippen LogP contribution in [0.5, 0.6) is 5.75 Å². The molecule has 1 aromatic rings. The quantitative estimate of drug-likeness (QED) is 0.472. The number of anilines is 1. The fourth-order valence-electron chi connectivity index (χ4n) is 2.71. The Hall–Kier alpha value is -1.55. The van der Waals surface area contributed by atoms with Crippen LogP contribution >= 0.6 is 0 Å². The first-order valence-electron chi connectivity index (χ1n) is 10.1. The van der Waals surface area contributed by atoms with E-state index in [1.807, 2.05) is 32.0 Å². The van der Waals surface area contributed by atoms with E-state index in [0.29, 0.717) is 6.61 Å². The predicted molar refractivity (Wildman–Crippen MR) is 109 cm³/mol. The number of rotatable bonds is 12. The van der Waals surface area contributed by atoms with Crippen LogP contribution < -0.4 is 10.1 Å². The van der Waals surface area contributed by atoms with Gasteiger partial charge in [-0.05, 0) is 63.8 Å². The number of hydrogen-bond donors (Lipinski definition) is 1. The number of hydrogen-bond acceptors (Lipinski definition) is 3. The molecule has 1 amide bonds. The molecule has 148 valence electrons. The van der Waals surface area contributed by atoms with Crippen LogP contribution in [0.3, 0.4) is 0 Å². The van der Waals surface area contributed by atoms with Crippen molar-refractivity contribution in [2.75, 3.05) is 11.9 Å². The molecule has 2 unspecified atom stereocenters. The Labute approximate surface area is 159 Å².